The smallest absolute Gasteiger partial charge is 0.349 e. The van der Waals surface area contributed by atoms with Crippen LogP contribution < -0.4 is 16.0 Å². The first-order valence-electron chi connectivity index (χ1n) is 11.5. The molecule has 0 aliphatic rings. The highest BCUT2D eigenvalue weighted by atomic mass is 35.5. The SMILES string of the molecule is CN(C)CCNC(=O)c1n[nH]c2cc(-c3cccc(NC(=O)Nc4ccc(Cl)c(C(F)(F)F)c4)c3)ccc12. The average molecular weight is 545 g/mol. The lowest BCUT2D eigenvalue weighted by molar-refractivity contribution is -0.137. The van der Waals surface area contributed by atoms with Crippen molar-refractivity contribution in [2.45, 2.75) is 6.18 Å². The highest BCUT2D eigenvalue weighted by Crippen LogP contribution is 2.36. The molecule has 8 nitrogen and oxygen atoms in total. The molecule has 1 heterocycles. The maximum absolute atomic E-state index is 13.1. The summed E-state index contributed by atoms with van der Waals surface area (Å²) in [6, 6.07) is 14.8. The number of rotatable bonds is 7. The Morgan fingerprint density at radius 1 is 0.974 bits per heavy atom. The predicted octanol–water partition coefficient (Wildman–Crippen LogP) is 5.84. The van der Waals surface area contributed by atoms with E-state index in [2.05, 4.69) is 26.1 Å². The Balaban J connectivity index is 1.47. The minimum absolute atomic E-state index is 0.0540. The second-order valence-corrected chi connectivity index (χ2v) is 9.15. The van der Waals surface area contributed by atoms with Crippen molar-refractivity contribution in [3.8, 4) is 11.1 Å². The van der Waals surface area contributed by atoms with E-state index >= 15 is 0 Å². The third kappa shape index (κ3) is 6.42. The molecule has 4 rings (SSSR count). The van der Waals surface area contributed by atoms with Gasteiger partial charge in [-0.15, -0.1) is 0 Å². The van der Waals surface area contributed by atoms with Gasteiger partial charge in [0.25, 0.3) is 5.91 Å². The van der Waals surface area contributed by atoms with Gasteiger partial charge in [-0.3, -0.25) is 9.89 Å². The highest BCUT2D eigenvalue weighted by Gasteiger charge is 2.33. The van der Waals surface area contributed by atoms with E-state index in [1.807, 2.05) is 37.2 Å². The maximum Gasteiger partial charge on any atom is 0.417 e. The summed E-state index contributed by atoms with van der Waals surface area (Å²) in [7, 11) is 3.84. The molecule has 1 aromatic heterocycles. The molecule has 198 valence electrons. The number of urea groups is 1. The zero-order valence-corrected chi connectivity index (χ0v) is 21.2. The Hall–Kier alpha value is -4.09. The van der Waals surface area contributed by atoms with Gasteiger partial charge < -0.3 is 20.9 Å². The zero-order valence-electron chi connectivity index (χ0n) is 20.4. The molecule has 0 bridgehead atoms. The Kier molecular flexibility index (Phi) is 7.88. The number of aromatic nitrogens is 2. The quantitative estimate of drug-likeness (QED) is 0.235. The number of carbonyl (C=O) groups excluding carboxylic acids is 2. The molecule has 12 heteroatoms. The summed E-state index contributed by atoms with van der Waals surface area (Å²) in [5, 5.41) is 15.1. The van der Waals surface area contributed by atoms with Gasteiger partial charge in [-0.2, -0.15) is 18.3 Å². The van der Waals surface area contributed by atoms with Crippen LogP contribution in [0.5, 0.6) is 0 Å². The van der Waals surface area contributed by atoms with Gasteiger partial charge in [0.1, 0.15) is 0 Å². The van der Waals surface area contributed by atoms with Crippen LogP contribution in [-0.4, -0.2) is 54.2 Å². The second-order valence-electron chi connectivity index (χ2n) is 8.74. The van der Waals surface area contributed by atoms with E-state index in [-0.39, 0.29) is 11.6 Å². The molecule has 0 atom stereocenters. The lowest BCUT2D eigenvalue weighted by Gasteiger charge is -2.13. The van der Waals surface area contributed by atoms with E-state index in [1.165, 1.54) is 6.07 Å². The van der Waals surface area contributed by atoms with Crippen molar-refractivity contribution in [2.75, 3.05) is 37.8 Å². The fourth-order valence-corrected chi connectivity index (χ4v) is 3.96. The number of alkyl halides is 3. The number of likely N-dealkylation sites (N-methyl/N-ethyl adjacent to an activating group) is 1. The van der Waals surface area contributed by atoms with Gasteiger partial charge in [0.2, 0.25) is 0 Å². The predicted molar refractivity (Wildman–Crippen MR) is 142 cm³/mol. The molecule has 3 aromatic carbocycles. The van der Waals surface area contributed by atoms with Gasteiger partial charge in [-0.1, -0.05) is 29.8 Å². The molecule has 0 aliphatic heterocycles. The molecule has 3 amide bonds. The van der Waals surface area contributed by atoms with E-state index < -0.39 is 22.8 Å². The number of carbonyl (C=O) groups is 2. The van der Waals surface area contributed by atoms with Crippen LogP contribution in [0.4, 0.5) is 29.3 Å². The number of anilines is 2. The Bertz CT molecular complexity index is 1490. The van der Waals surface area contributed by atoms with Crippen LogP contribution in [0.3, 0.4) is 0 Å². The Morgan fingerprint density at radius 3 is 2.39 bits per heavy atom. The van der Waals surface area contributed by atoms with E-state index in [9.17, 15) is 22.8 Å². The topological polar surface area (TPSA) is 102 Å². The number of amides is 3. The number of fused-ring (bicyclic) bond motifs is 1. The van der Waals surface area contributed by atoms with Crippen LogP contribution in [0.1, 0.15) is 16.1 Å². The summed E-state index contributed by atoms with van der Waals surface area (Å²) in [5.41, 5.74) is 1.87. The third-order valence-electron chi connectivity index (χ3n) is 5.61. The monoisotopic (exact) mass is 544 g/mol. The lowest BCUT2D eigenvalue weighted by atomic mass is 10.0. The fraction of sp³-hybridized carbons (Fsp3) is 0.192. The fourth-order valence-electron chi connectivity index (χ4n) is 3.74. The molecular formula is C26H24ClF3N6O2. The molecule has 0 aliphatic carbocycles. The maximum atomic E-state index is 13.1. The number of nitrogens with zero attached hydrogens (tertiary/aromatic N) is 2. The van der Waals surface area contributed by atoms with Crippen molar-refractivity contribution in [1.29, 1.82) is 0 Å². The van der Waals surface area contributed by atoms with Gasteiger partial charge in [0.15, 0.2) is 5.69 Å². The molecule has 38 heavy (non-hydrogen) atoms. The number of hydrogen-bond acceptors (Lipinski definition) is 4. The first kappa shape index (κ1) is 27.0. The van der Waals surface area contributed by atoms with Gasteiger partial charge >= 0.3 is 12.2 Å². The second kappa shape index (κ2) is 11.1. The lowest BCUT2D eigenvalue weighted by Crippen LogP contribution is -2.31. The number of benzene rings is 3. The summed E-state index contributed by atoms with van der Waals surface area (Å²) in [6.07, 6.45) is -4.65. The minimum Gasteiger partial charge on any atom is -0.349 e. The van der Waals surface area contributed by atoms with Gasteiger partial charge in [-0.05, 0) is 67.7 Å². The number of halogens is 4. The van der Waals surface area contributed by atoms with Gasteiger partial charge in [0, 0.05) is 29.9 Å². The van der Waals surface area contributed by atoms with E-state index in [4.69, 9.17) is 11.6 Å². The molecule has 4 N–H and O–H groups in total. The first-order valence-corrected chi connectivity index (χ1v) is 11.9. The van der Waals surface area contributed by atoms with Crippen molar-refractivity contribution in [3.05, 3.63) is 76.9 Å². The molecule has 0 spiro atoms. The van der Waals surface area contributed by atoms with Gasteiger partial charge in [-0.25, -0.2) is 4.79 Å². The highest BCUT2D eigenvalue weighted by molar-refractivity contribution is 6.31. The van der Waals surface area contributed by atoms with Crippen LogP contribution in [0.2, 0.25) is 5.02 Å². The summed E-state index contributed by atoms with van der Waals surface area (Å²) >= 11 is 5.63. The Morgan fingerprint density at radius 2 is 1.68 bits per heavy atom. The van der Waals surface area contributed by atoms with Crippen molar-refractivity contribution in [3.63, 3.8) is 0 Å². The number of nitrogens with one attached hydrogen (secondary N) is 4. The van der Waals surface area contributed by atoms with Crippen molar-refractivity contribution >= 4 is 45.8 Å². The van der Waals surface area contributed by atoms with Gasteiger partial charge in [0.05, 0.1) is 16.1 Å². The molecule has 0 saturated carbocycles. The van der Waals surface area contributed by atoms with Crippen LogP contribution >= 0.6 is 11.6 Å². The van der Waals surface area contributed by atoms with E-state index in [1.54, 1.807) is 24.3 Å². The largest absolute Gasteiger partial charge is 0.417 e. The molecule has 0 fully saturated rings. The van der Waals surface area contributed by atoms with Crippen LogP contribution in [0.15, 0.2) is 60.7 Å². The molecular weight excluding hydrogens is 521 g/mol. The zero-order chi connectivity index (χ0) is 27.4. The van der Waals surface area contributed by atoms with E-state index in [0.717, 1.165) is 23.3 Å². The number of H-pyrrole nitrogens is 1. The number of hydrogen-bond donors (Lipinski definition) is 4. The van der Waals surface area contributed by atoms with Crippen molar-refractivity contribution in [2.24, 2.45) is 0 Å². The summed E-state index contributed by atoms with van der Waals surface area (Å²) < 4.78 is 39.3. The first-order chi connectivity index (χ1) is 18.0. The van der Waals surface area contributed by atoms with Crippen LogP contribution in [0, 0.1) is 0 Å². The summed E-state index contributed by atoms with van der Waals surface area (Å²) in [5.74, 6) is -0.272. The van der Waals surface area contributed by atoms with E-state index in [0.29, 0.717) is 35.4 Å². The molecule has 0 saturated heterocycles. The van der Waals surface area contributed by atoms with Crippen molar-refractivity contribution < 1.29 is 22.8 Å². The molecule has 4 aromatic rings. The van der Waals surface area contributed by atoms with Crippen LogP contribution in [-0.2, 0) is 6.18 Å². The molecule has 0 unspecified atom stereocenters. The molecule has 0 radical (unpaired) electrons. The summed E-state index contributed by atoms with van der Waals surface area (Å²) in [6.45, 7) is 1.20. The minimum atomic E-state index is -4.65. The van der Waals surface area contributed by atoms with Crippen LogP contribution in [0.25, 0.3) is 22.0 Å². The normalized spacial score (nSPS) is 11.6. The average Bonchev–Trinajstić information content (AvgIpc) is 3.28. The standard InChI is InChI=1S/C26H24ClF3N6O2/c1-36(2)11-10-31-24(37)23-19-8-6-16(13-22(19)34-35-23)15-4-3-5-17(12-15)32-25(38)33-18-7-9-21(27)20(14-18)26(28,29)30/h3-9,12-14H,10-11H2,1-2H3,(H,31,37)(H,34,35)(H2,32,33,38). The summed E-state index contributed by atoms with van der Waals surface area (Å²) in [4.78, 5) is 26.9. The van der Waals surface area contributed by atoms with Crippen molar-refractivity contribution in [1.82, 2.24) is 20.4 Å². The third-order valence-corrected chi connectivity index (χ3v) is 5.94. The number of aromatic amines is 1. The Labute approximate surface area is 221 Å².